The summed E-state index contributed by atoms with van der Waals surface area (Å²) in [5, 5.41) is 13.6. The number of carbonyl (C=O) groups is 2. The Bertz CT molecular complexity index is 814. The van der Waals surface area contributed by atoms with Crippen molar-refractivity contribution in [2.45, 2.75) is 45.2 Å². The number of rotatable bonds is 5. The number of nitrogens with one attached hydrogen (secondary N) is 3. The van der Waals surface area contributed by atoms with Crippen LogP contribution in [0.2, 0.25) is 0 Å². The molecule has 2 aromatic rings. The molecular formula is C20H28ClN5O2. The van der Waals surface area contributed by atoms with Gasteiger partial charge in [-0.15, -0.1) is 12.4 Å². The van der Waals surface area contributed by atoms with E-state index in [1.54, 1.807) is 23.0 Å². The van der Waals surface area contributed by atoms with E-state index in [4.69, 9.17) is 0 Å². The smallest absolute Gasteiger partial charge is 0.252 e. The number of piperidine rings is 1. The summed E-state index contributed by atoms with van der Waals surface area (Å²) in [5.74, 6) is -0.182. The maximum Gasteiger partial charge on any atom is 0.252 e. The van der Waals surface area contributed by atoms with E-state index in [0.717, 1.165) is 18.7 Å². The van der Waals surface area contributed by atoms with Crippen LogP contribution >= 0.6 is 12.4 Å². The van der Waals surface area contributed by atoms with E-state index in [-0.39, 0.29) is 30.3 Å². The highest BCUT2D eigenvalue weighted by Gasteiger charge is 2.42. The van der Waals surface area contributed by atoms with Gasteiger partial charge in [-0.1, -0.05) is 0 Å². The molecule has 1 fully saturated rings. The lowest BCUT2D eigenvalue weighted by molar-refractivity contribution is -0.126. The van der Waals surface area contributed by atoms with E-state index >= 15 is 0 Å². The van der Waals surface area contributed by atoms with Gasteiger partial charge in [-0.05, 0) is 76.5 Å². The highest BCUT2D eigenvalue weighted by molar-refractivity contribution is 5.99. The molecule has 8 heteroatoms. The Morgan fingerprint density at radius 1 is 1.25 bits per heavy atom. The number of carbonyl (C=O) groups excluding carboxylic acids is 2. The maximum absolute atomic E-state index is 13.2. The first-order valence-electron chi connectivity index (χ1n) is 9.36. The van der Waals surface area contributed by atoms with Gasteiger partial charge in [-0.25, -0.2) is 0 Å². The van der Waals surface area contributed by atoms with Crippen LogP contribution in [0, 0.1) is 6.92 Å². The number of benzene rings is 1. The average Bonchev–Trinajstić information content (AvgIpc) is 3.17. The lowest BCUT2D eigenvalue weighted by atomic mass is 9.87. The number of aromatic nitrogens is 2. The van der Waals surface area contributed by atoms with Gasteiger partial charge >= 0.3 is 0 Å². The van der Waals surface area contributed by atoms with Crippen LogP contribution in [0.4, 0.5) is 5.69 Å². The monoisotopic (exact) mass is 405 g/mol. The quantitative estimate of drug-likeness (QED) is 0.713. The molecule has 3 rings (SSSR count). The van der Waals surface area contributed by atoms with Gasteiger partial charge in [0.25, 0.3) is 11.8 Å². The summed E-state index contributed by atoms with van der Waals surface area (Å²) in [6.45, 7) is 7.26. The minimum atomic E-state index is -0.698. The number of halogens is 1. The second-order valence-corrected chi connectivity index (χ2v) is 7.34. The zero-order valence-electron chi connectivity index (χ0n) is 16.5. The summed E-state index contributed by atoms with van der Waals surface area (Å²) in [5.41, 5.74) is 1.43. The van der Waals surface area contributed by atoms with Gasteiger partial charge in [0.1, 0.15) is 5.54 Å². The molecule has 3 N–H and O–H groups in total. The van der Waals surface area contributed by atoms with E-state index in [1.807, 2.05) is 39.1 Å². The molecule has 0 radical (unpaired) electrons. The minimum Gasteiger partial charge on any atom is -0.350 e. The molecule has 1 aromatic carbocycles. The molecule has 2 heterocycles. The summed E-state index contributed by atoms with van der Waals surface area (Å²) >= 11 is 0. The third kappa shape index (κ3) is 4.54. The molecule has 28 heavy (non-hydrogen) atoms. The first kappa shape index (κ1) is 21.9. The van der Waals surface area contributed by atoms with Crippen molar-refractivity contribution in [1.82, 2.24) is 20.4 Å². The van der Waals surface area contributed by atoms with Crippen LogP contribution in [0.25, 0.3) is 0 Å². The predicted molar refractivity (Wildman–Crippen MR) is 112 cm³/mol. The third-order valence-corrected chi connectivity index (χ3v) is 4.94. The standard InChI is InChI=1S/C20H27N5O2.ClH/c1-14(2)23-18(26)17-6-5-16(13-15(17)3)24-19(27)20(7-10-21-11-8-20)25-12-4-9-22-25;/h4-6,9,12-14,21H,7-8,10-11H2,1-3H3,(H,23,26)(H,24,27);1H. The Morgan fingerprint density at radius 3 is 2.54 bits per heavy atom. The van der Waals surface area contributed by atoms with E-state index in [1.165, 1.54) is 0 Å². The number of aryl methyl sites for hydroxylation is 1. The number of anilines is 1. The van der Waals surface area contributed by atoms with Crippen LogP contribution in [-0.2, 0) is 10.3 Å². The molecule has 0 unspecified atom stereocenters. The topological polar surface area (TPSA) is 88.1 Å². The first-order chi connectivity index (χ1) is 12.9. The Labute approximate surface area is 171 Å². The number of hydrogen-bond donors (Lipinski definition) is 3. The van der Waals surface area contributed by atoms with Crippen LogP contribution < -0.4 is 16.0 Å². The predicted octanol–water partition coefficient (Wildman–Crippen LogP) is 2.47. The van der Waals surface area contributed by atoms with Gasteiger partial charge in [0.2, 0.25) is 0 Å². The van der Waals surface area contributed by atoms with Crippen molar-refractivity contribution in [1.29, 1.82) is 0 Å². The van der Waals surface area contributed by atoms with Crippen molar-refractivity contribution in [3.63, 3.8) is 0 Å². The third-order valence-electron chi connectivity index (χ3n) is 4.94. The molecule has 1 aromatic heterocycles. The van der Waals surface area contributed by atoms with Crippen LogP contribution in [0.1, 0.15) is 42.6 Å². The van der Waals surface area contributed by atoms with Crippen LogP contribution in [0.3, 0.4) is 0 Å². The van der Waals surface area contributed by atoms with Crippen molar-refractivity contribution in [2.24, 2.45) is 0 Å². The van der Waals surface area contributed by atoms with E-state index in [0.29, 0.717) is 24.1 Å². The molecule has 1 aliphatic rings. The zero-order chi connectivity index (χ0) is 19.4. The van der Waals surface area contributed by atoms with Crippen molar-refractivity contribution >= 4 is 29.9 Å². The summed E-state index contributed by atoms with van der Waals surface area (Å²) < 4.78 is 1.76. The molecule has 2 amide bonds. The second kappa shape index (κ2) is 9.21. The van der Waals surface area contributed by atoms with Crippen molar-refractivity contribution in [2.75, 3.05) is 18.4 Å². The Hall–Kier alpha value is -2.38. The average molecular weight is 406 g/mol. The van der Waals surface area contributed by atoms with Crippen LogP contribution in [-0.4, -0.2) is 40.7 Å². The molecule has 152 valence electrons. The van der Waals surface area contributed by atoms with Crippen LogP contribution in [0.5, 0.6) is 0 Å². The van der Waals surface area contributed by atoms with Gasteiger partial charge in [0.05, 0.1) is 0 Å². The van der Waals surface area contributed by atoms with Crippen molar-refractivity contribution in [3.05, 3.63) is 47.8 Å². The SMILES string of the molecule is Cc1cc(NC(=O)C2(n3cccn3)CCNCC2)ccc1C(=O)NC(C)C.Cl. The highest BCUT2D eigenvalue weighted by Crippen LogP contribution is 2.29. The van der Waals surface area contributed by atoms with Crippen molar-refractivity contribution < 1.29 is 9.59 Å². The molecule has 0 atom stereocenters. The van der Waals surface area contributed by atoms with Gasteiger partial charge in [-0.2, -0.15) is 5.10 Å². The number of amides is 2. The largest absolute Gasteiger partial charge is 0.350 e. The lowest BCUT2D eigenvalue weighted by Crippen LogP contribution is -2.52. The summed E-state index contributed by atoms with van der Waals surface area (Å²) in [7, 11) is 0. The Kier molecular flexibility index (Phi) is 7.21. The Morgan fingerprint density at radius 2 is 1.96 bits per heavy atom. The molecular weight excluding hydrogens is 378 g/mol. The number of hydrogen-bond acceptors (Lipinski definition) is 4. The fourth-order valence-electron chi connectivity index (χ4n) is 3.51. The zero-order valence-corrected chi connectivity index (χ0v) is 17.3. The molecule has 1 saturated heterocycles. The highest BCUT2D eigenvalue weighted by atomic mass is 35.5. The summed E-state index contributed by atoms with van der Waals surface area (Å²) in [6.07, 6.45) is 4.89. The molecule has 7 nitrogen and oxygen atoms in total. The van der Waals surface area contributed by atoms with Gasteiger partial charge in [0.15, 0.2) is 0 Å². The van der Waals surface area contributed by atoms with E-state index < -0.39 is 5.54 Å². The van der Waals surface area contributed by atoms with Gasteiger partial charge in [-0.3, -0.25) is 14.3 Å². The van der Waals surface area contributed by atoms with Crippen molar-refractivity contribution in [3.8, 4) is 0 Å². The second-order valence-electron chi connectivity index (χ2n) is 7.34. The van der Waals surface area contributed by atoms with Gasteiger partial charge in [0, 0.05) is 29.7 Å². The fourth-order valence-corrected chi connectivity index (χ4v) is 3.51. The number of nitrogens with zero attached hydrogens (tertiary/aromatic N) is 2. The first-order valence-corrected chi connectivity index (χ1v) is 9.36. The maximum atomic E-state index is 13.2. The summed E-state index contributed by atoms with van der Waals surface area (Å²) in [6, 6.07) is 7.28. The molecule has 0 spiro atoms. The van der Waals surface area contributed by atoms with E-state index in [9.17, 15) is 9.59 Å². The lowest BCUT2D eigenvalue weighted by Gasteiger charge is -2.36. The molecule has 0 bridgehead atoms. The molecule has 1 aliphatic heterocycles. The fraction of sp³-hybridized carbons (Fsp3) is 0.450. The molecule has 0 aliphatic carbocycles. The van der Waals surface area contributed by atoms with Gasteiger partial charge < -0.3 is 16.0 Å². The van der Waals surface area contributed by atoms with Crippen LogP contribution in [0.15, 0.2) is 36.7 Å². The normalized spacial score (nSPS) is 15.6. The van der Waals surface area contributed by atoms with E-state index in [2.05, 4.69) is 21.0 Å². The minimum absolute atomic E-state index is 0. The summed E-state index contributed by atoms with van der Waals surface area (Å²) in [4.78, 5) is 25.4. The Balaban J connectivity index is 0.00000280. The molecule has 0 saturated carbocycles.